The number of carboxylic acids is 1. The van der Waals surface area contributed by atoms with Gasteiger partial charge in [0.1, 0.15) is 6.04 Å². The van der Waals surface area contributed by atoms with Gasteiger partial charge in [0.15, 0.2) is 0 Å². The Morgan fingerprint density at radius 3 is 2.31 bits per heavy atom. The second kappa shape index (κ2) is 11.8. The number of carbonyl (C=O) groups excluding carboxylic acids is 1. The molecule has 0 saturated heterocycles. The van der Waals surface area contributed by atoms with E-state index in [0.717, 1.165) is 23.4 Å². The van der Waals surface area contributed by atoms with E-state index >= 15 is 0 Å². The predicted molar refractivity (Wildman–Crippen MR) is 139 cm³/mol. The average Bonchev–Trinajstić information content (AvgIpc) is 3.34. The van der Waals surface area contributed by atoms with E-state index in [4.69, 9.17) is 0 Å². The average molecular weight is 535 g/mol. The number of amides is 1. The third-order valence-electron chi connectivity index (χ3n) is 6.06. The van der Waals surface area contributed by atoms with Crippen LogP contribution in [0.25, 0.3) is 17.3 Å². The van der Waals surface area contributed by atoms with Crippen molar-refractivity contribution in [3.8, 4) is 11.3 Å². The van der Waals surface area contributed by atoms with Gasteiger partial charge >= 0.3 is 12.1 Å². The number of aromatic nitrogens is 3. The third kappa shape index (κ3) is 7.19. The maximum atomic E-state index is 13.3. The minimum absolute atomic E-state index is 0.00406. The van der Waals surface area contributed by atoms with Crippen LogP contribution in [0, 0.1) is 0 Å². The zero-order valence-electron chi connectivity index (χ0n) is 20.9. The van der Waals surface area contributed by atoms with Crippen LogP contribution in [-0.4, -0.2) is 42.7 Å². The van der Waals surface area contributed by atoms with E-state index in [1.807, 2.05) is 30.3 Å². The lowest BCUT2D eigenvalue weighted by Crippen LogP contribution is -2.45. The van der Waals surface area contributed by atoms with Crippen LogP contribution < -0.4 is 0 Å². The molecule has 0 fully saturated rings. The number of aryl methyl sites for hydroxylation is 1. The fourth-order valence-corrected chi connectivity index (χ4v) is 4.03. The van der Waals surface area contributed by atoms with Gasteiger partial charge in [-0.3, -0.25) is 14.5 Å². The van der Waals surface area contributed by atoms with Crippen molar-refractivity contribution in [3.05, 3.63) is 114 Å². The molecular weight excluding hydrogens is 509 g/mol. The fraction of sp³-hybridized carbons (Fsp3) is 0.172. The minimum atomic E-state index is -4.47. The summed E-state index contributed by atoms with van der Waals surface area (Å²) in [5.74, 6) is -1.79. The van der Waals surface area contributed by atoms with Crippen molar-refractivity contribution in [2.24, 2.45) is 7.05 Å². The summed E-state index contributed by atoms with van der Waals surface area (Å²) in [6, 6.07) is 16.0. The lowest BCUT2D eigenvalue weighted by molar-refractivity contribution is -0.148. The molecule has 0 aliphatic heterocycles. The molecule has 0 saturated carbocycles. The molecule has 4 rings (SSSR count). The largest absolute Gasteiger partial charge is 0.480 e. The first-order chi connectivity index (χ1) is 18.6. The summed E-state index contributed by atoms with van der Waals surface area (Å²) in [7, 11) is 1.71. The van der Waals surface area contributed by atoms with Crippen molar-refractivity contribution in [3.63, 3.8) is 0 Å². The number of pyridine rings is 1. The number of aliphatic carboxylic acids is 1. The van der Waals surface area contributed by atoms with Gasteiger partial charge in [-0.05, 0) is 47.0 Å². The van der Waals surface area contributed by atoms with Crippen LogP contribution in [0.4, 0.5) is 13.2 Å². The van der Waals surface area contributed by atoms with Gasteiger partial charge in [-0.25, -0.2) is 4.79 Å². The summed E-state index contributed by atoms with van der Waals surface area (Å²) in [6.45, 7) is -0.00406. The number of rotatable bonds is 9. The summed E-state index contributed by atoms with van der Waals surface area (Å²) < 4.78 is 40.2. The lowest BCUT2D eigenvalue weighted by atomic mass is 10.0. The molecule has 1 N–H and O–H groups in total. The second-order valence-corrected chi connectivity index (χ2v) is 8.91. The van der Waals surface area contributed by atoms with Gasteiger partial charge in [0, 0.05) is 44.0 Å². The van der Waals surface area contributed by atoms with Crippen LogP contribution in [0.1, 0.15) is 22.3 Å². The third-order valence-corrected chi connectivity index (χ3v) is 6.06. The molecule has 0 aliphatic carbocycles. The van der Waals surface area contributed by atoms with Crippen molar-refractivity contribution in [2.45, 2.75) is 25.2 Å². The summed E-state index contributed by atoms with van der Waals surface area (Å²) in [6.07, 6.45) is 2.99. The van der Waals surface area contributed by atoms with Gasteiger partial charge in [-0.2, -0.15) is 18.3 Å². The van der Waals surface area contributed by atoms with E-state index < -0.39 is 29.7 Å². The molecule has 1 amide bonds. The number of hydrogen-bond acceptors (Lipinski definition) is 4. The van der Waals surface area contributed by atoms with E-state index in [9.17, 15) is 27.9 Å². The smallest absolute Gasteiger partial charge is 0.416 e. The van der Waals surface area contributed by atoms with Crippen molar-refractivity contribution in [1.82, 2.24) is 19.7 Å². The summed E-state index contributed by atoms with van der Waals surface area (Å²) in [5.41, 5.74) is 2.55. The van der Waals surface area contributed by atoms with Crippen molar-refractivity contribution in [1.29, 1.82) is 0 Å². The van der Waals surface area contributed by atoms with Crippen LogP contribution in [0.15, 0.2) is 91.4 Å². The van der Waals surface area contributed by atoms with Crippen molar-refractivity contribution >= 4 is 18.0 Å². The quantitative estimate of drug-likeness (QED) is 0.297. The molecular formula is C29H25F3N4O3. The van der Waals surface area contributed by atoms with E-state index in [1.165, 1.54) is 35.4 Å². The van der Waals surface area contributed by atoms with E-state index in [0.29, 0.717) is 16.7 Å². The Bertz CT molecular complexity index is 1450. The normalized spacial score (nSPS) is 12.4. The Morgan fingerprint density at radius 2 is 1.74 bits per heavy atom. The highest BCUT2D eigenvalue weighted by Crippen LogP contribution is 2.29. The SMILES string of the molecule is Cn1cc(CC(C(=O)O)N(Cc2ccc(-c3ccccn3)cc2)C(=O)/C=C/c2ccc(C(F)(F)F)cc2)cn1. The number of halogens is 3. The van der Waals surface area contributed by atoms with Gasteiger partial charge in [0.05, 0.1) is 17.5 Å². The topological polar surface area (TPSA) is 88.3 Å². The zero-order valence-corrected chi connectivity index (χ0v) is 20.9. The molecule has 0 spiro atoms. The zero-order chi connectivity index (χ0) is 28.0. The highest BCUT2D eigenvalue weighted by atomic mass is 19.4. The summed E-state index contributed by atoms with van der Waals surface area (Å²) in [4.78, 5) is 31.2. The molecule has 1 unspecified atom stereocenters. The van der Waals surface area contributed by atoms with Gasteiger partial charge in [0.2, 0.25) is 5.91 Å². The molecule has 10 heteroatoms. The molecule has 200 valence electrons. The Kier molecular flexibility index (Phi) is 8.24. The lowest BCUT2D eigenvalue weighted by Gasteiger charge is -2.28. The Hall–Kier alpha value is -4.73. The molecule has 0 aliphatic rings. The standard InChI is InChI=1S/C29H25F3N4O3/c1-35-18-22(17-34-35)16-26(28(38)39)36(19-21-5-10-23(11-6-21)25-4-2-3-15-33-25)27(37)14-9-20-7-12-24(13-8-20)29(30,31)32/h2-15,17-18,26H,16,19H2,1H3,(H,38,39)/b14-9+. The van der Waals surface area contributed by atoms with Crippen molar-refractivity contribution < 1.29 is 27.9 Å². The predicted octanol–water partition coefficient (Wildman–Crippen LogP) is 5.24. The molecule has 2 aromatic heterocycles. The number of alkyl halides is 3. The van der Waals surface area contributed by atoms with E-state index in [-0.39, 0.29) is 13.0 Å². The number of carboxylic acid groups (broad SMARTS) is 1. The van der Waals surface area contributed by atoms with Crippen LogP contribution >= 0.6 is 0 Å². The van der Waals surface area contributed by atoms with Crippen LogP contribution in [0.5, 0.6) is 0 Å². The molecule has 2 aromatic carbocycles. The molecule has 0 bridgehead atoms. The number of benzene rings is 2. The van der Waals surface area contributed by atoms with Gasteiger partial charge in [0.25, 0.3) is 0 Å². The maximum absolute atomic E-state index is 13.3. The highest BCUT2D eigenvalue weighted by Gasteiger charge is 2.31. The molecule has 7 nitrogen and oxygen atoms in total. The molecule has 39 heavy (non-hydrogen) atoms. The minimum Gasteiger partial charge on any atom is -0.480 e. The number of hydrogen-bond donors (Lipinski definition) is 1. The number of carbonyl (C=O) groups is 2. The first-order valence-electron chi connectivity index (χ1n) is 12.0. The molecule has 1 atom stereocenters. The van der Waals surface area contributed by atoms with Crippen LogP contribution in [0.2, 0.25) is 0 Å². The summed E-state index contributed by atoms with van der Waals surface area (Å²) >= 11 is 0. The monoisotopic (exact) mass is 534 g/mol. The van der Waals surface area contributed by atoms with Gasteiger partial charge < -0.3 is 10.0 Å². The van der Waals surface area contributed by atoms with Crippen LogP contribution in [0.3, 0.4) is 0 Å². The van der Waals surface area contributed by atoms with Gasteiger partial charge in [-0.15, -0.1) is 0 Å². The molecule has 2 heterocycles. The first kappa shape index (κ1) is 27.3. The second-order valence-electron chi connectivity index (χ2n) is 8.91. The first-order valence-corrected chi connectivity index (χ1v) is 12.0. The van der Waals surface area contributed by atoms with E-state index in [1.54, 1.807) is 36.3 Å². The van der Waals surface area contributed by atoms with Crippen molar-refractivity contribution in [2.75, 3.05) is 0 Å². The fourth-order valence-electron chi connectivity index (χ4n) is 4.03. The van der Waals surface area contributed by atoms with E-state index in [2.05, 4.69) is 10.1 Å². The van der Waals surface area contributed by atoms with Gasteiger partial charge in [-0.1, -0.05) is 42.5 Å². The maximum Gasteiger partial charge on any atom is 0.416 e. The number of nitrogens with zero attached hydrogens (tertiary/aromatic N) is 4. The Labute approximate surface area is 222 Å². The molecule has 0 radical (unpaired) electrons. The summed E-state index contributed by atoms with van der Waals surface area (Å²) in [5, 5.41) is 14.1. The Morgan fingerprint density at radius 1 is 1.03 bits per heavy atom. The highest BCUT2D eigenvalue weighted by molar-refractivity contribution is 5.94. The van der Waals surface area contributed by atoms with Crippen LogP contribution in [-0.2, 0) is 35.8 Å². The Balaban J connectivity index is 1.60. The molecule has 4 aromatic rings.